The Hall–Kier alpha value is -1.44. The predicted octanol–water partition coefficient (Wildman–Crippen LogP) is 7.22. The summed E-state index contributed by atoms with van der Waals surface area (Å²) in [6.07, 6.45) is 29.7. The van der Waals surface area contributed by atoms with Gasteiger partial charge in [-0.3, -0.25) is 0 Å². The van der Waals surface area contributed by atoms with Crippen molar-refractivity contribution in [3.05, 3.63) is 30.1 Å². The van der Waals surface area contributed by atoms with Gasteiger partial charge in [-0.15, -0.1) is 4.57 Å². The van der Waals surface area contributed by atoms with Crippen LogP contribution in [0.4, 0.5) is 0 Å². The maximum absolute atomic E-state index is 9.56. The Kier molecular flexibility index (Phi) is 19.1. The van der Waals surface area contributed by atoms with E-state index in [2.05, 4.69) is 13.1 Å². The van der Waals surface area contributed by atoms with E-state index in [1.54, 1.807) is 12.4 Å². The van der Waals surface area contributed by atoms with Crippen LogP contribution in [0.5, 0.6) is 0 Å². The summed E-state index contributed by atoms with van der Waals surface area (Å²) in [5.74, 6) is 0. The van der Waals surface area contributed by atoms with E-state index < -0.39 is 0 Å². The predicted molar refractivity (Wildman–Crippen MR) is 132 cm³/mol. The second-order valence-electron chi connectivity index (χ2n) is 9.28. The maximum Gasteiger partial charge on any atom is 0.463 e. The van der Waals surface area contributed by atoms with E-state index in [-0.39, 0.29) is 12.7 Å². The minimum absolute atomic E-state index is 0.0595. The van der Waals surface area contributed by atoms with Gasteiger partial charge < -0.3 is 9.84 Å². The first kappa shape index (κ1) is 28.6. The van der Waals surface area contributed by atoms with Crippen LogP contribution in [0.25, 0.3) is 0 Å². The van der Waals surface area contributed by atoms with Gasteiger partial charge in [0.1, 0.15) is 12.4 Å². The number of pyridine rings is 1. The molecule has 32 heavy (non-hydrogen) atoms. The van der Waals surface area contributed by atoms with E-state index in [1.165, 1.54) is 107 Å². The first-order chi connectivity index (χ1) is 15.8. The van der Waals surface area contributed by atoms with Crippen LogP contribution in [0.1, 0.15) is 128 Å². The van der Waals surface area contributed by atoms with Gasteiger partial charge in [-0.2, -0.15) is 0 Å². The molecule has 0 aliphatic carbocycles. The van der Waals surface area contributed by atoms with Crippen molar-refractivity contribution in [3.63, 3.8) is 0 Å². The molecule has 0 aliphatic heterocycles. The normalized spacial score (nSPS) is 12.0. The summed E-state index contributed by atoms with van der Waals surface area (Å²) < 4.78 is 7.29. The van der Waals surface area contributed by atoms with Crippen molar-refractivity contribution >= 4 is 0 Å². The fraction of sp³-hybridized carbons (Fsp3) is 0.786. The maximum atomic E-state index is 9.56. The van der Waals surface area contributed by atoms with Crippen molar-refractivity contribution < 1.29 is 14.4 Å². The average molecular weight is 446 g/mol. The first-order valence-corrected chi connectivity index (χ1v) is 13.4. The topological polar surface area (TPSA) is 57.1 Å². The molecule has 4 nitrogen and oxygen atoms in total. The van der Waals surface area contributed by atoms with Crippen molar-refractivity contribution in [3.8, 4) is 6.19 Å². The lowest BCUT2D eigenvalue weighted by Crippen LogP contribution is -2.27. The highest BCUT2D eigenvalue weighted by Crippen LogP contribution is 2.15. The molecule has 0 aliphatic rings. The van der Waals surface area contributed by atoms with Crippen molar-refractivity contribution in [1.29, 1.82) is 5.26 Å². The molecule has 0 saturated carbocycles. The van der Waals surface area contributed by atoms with E-state index in [0.29, 0.717) is 6.61 Å². The van der Waals surface area contributed by atoms with Crippen LogP contribution in [0.2, 0.25) is 0 Å². The van der Waals surface area contributed by atoms with Crippen molar-refractivity contribution in [2.45, 2.75) is 135 Å². The second-order valence-corrected chi connectivity index (χ2v) is 9.28. The molecule has 182 valence electrons. The van der Waals surface area contributed by atoms with Gasteiger partial charge in [-0.25, -0.2) is 0 Å². The molecule has 0 aromatic carbocycles. The van der Waals surface area contributed by atoms with Gasteiger partial charge in [0.25, 0.3) is 0 Å². The molecule has 0 fully saturated rings. The highest BCUT2D eigenvalue weighted by atomic mass is 16.5. The summed E-state index contributed by atoms with van der Waals surface area (Å²) in [4.78, 5) is 0. The minimum Gasteiger partial charge on any atom is -0.394 e. The van der Waals surface area contributed by atoms with E-state index in [1.807, 2.05) is 12.1 Å². The minimum atomic E-state index is -0.109. The van der Waals surface area contributed by atoms with Gasteiger partial charge in [0.15, 0.2) is 5.26 Å². The molecule has 4 heteroatoms. The van der Waals surface area contributed by atoms with Crippen LogP contribution in [-0.2, 0) is 11.3 Å². The van der Waals surface area contributed by atoms with E-state index in [9.17, 15) is 5.11 Å². The van der Waals surface area contributed by atoms with E-state index in [0.717, 1.165) is 18.4 Å². The number of aliphatic hydroxyl groups is 1. The molecule has 1 rings (SSSR count). The zero-order valence-electron chi connectivity index (χ0n) is 20.8. The zero-order chi connectivity index (χ0) is 23.1. The molecule has 1 heterocycles. The lowest BCUT2D eigenvalue weighted by molar-refractivity contribution is -0.587. The van der Waals surface area contributed by atoms with Gasteiger partial charge in [-0.1, -0.05) is 116 Å². The molecule has 0 bridgehead atoms. The van der Waals surface area contributed by atoms with Gasteiger partial charge in [0.05, 0.1) is 19.3 Å². The lowest BCUT2D eigenvalue weighted by atomic mass is 10.0. The number of rotatable bonds is 22. The third-order valence-electron chi connectivity index (χ3n) is 6.30. The fourth-order valence-electron chi connectivity index (χ4n) is 4.21. The highest BCUT2D eigenvalue weighted by molar-refractivity contribution is 5.04. The van der Waals surface area contributed by atoms with Crippen LogP contribution in [0.15, 0.2) is 24.5 Å². The number of ether oxygens (including phenoxy) is 1. The number of aliphatic hydroxyl groups excluding tert-OH is 1. The molecule has 0 spiro atoms. The Balaban J connectivity index is 1.86. The smallest absolute Gasteiger partial charge is 0.394 e. The zero-order valence-corrected chi connectivity index (χ0v) is 20.8. The molecule has 1 N–H and O–H groups in total. The number of hydrogen-bond donors (Lipinski definition) is 1. The van der Waals surface area contributed by atoms with Crippen LogP contribution >= 0.6 is 0 Å². The second kappa shape index (κ2) is 21.4. The molecule has 1 aromatic heterocycles. The van der Waals surface area contributed by atoms with E-state index >= 15 is 0 Å². The largest absolute Gasteiger partial charge is 0.463 e. The fourth-order valence-corrected chi connectivity index (χ4v) is 4.21. The van der Waals surface area contributed by atoms with E-state index in [4.69, 9.17) is 10.00 Å². The molecular formula is C28H49N2O2+. The molecule has 0 radical (unpaired) electrons. The van der Waals surface area contributed by atoms with Crippen LogP contribution in [0, 0.1) is 11.5 Å². The number of hydrogen-bond acceptors (Lipinski definition) is 3. The number of unbranched alkanes of at least 4 members (excludes halogenated alkanes) is 16. The average Bonchev–Trinajstić information content (AvgIpc) is 2.83. The van der Waals surface area contributed by atoms with Gasteiger partial charge in [-0.05, 0) is 18.6 Å². The molecular weight excluding hydrogens is 396 g/mol. The summed E-state index contributed by atoms with van der Waals surface area (Å²) in [5.41, 5.74) is 0.954. The summed E-state index contributed by atoms with van der Waals surface area (Å²) in [6, 6.07) is 3.78. The van der Waals surface area contributed by atoms with Crippen LogP contribution in [-0.4, -0.2) is 17.8 Å². The van der Waals surface area contributed by atoms with Gasteiger partial charge in [0.2, 0.25) is 0 Å². The molecule has 1 aromatic rings. The van der Waals surface area contributed by atoms with Gasteiger partial charge in [0, 0.05) is 5.56 Å². The summed E-state index contributed by atoms with van der Waals surface area (Å²) in [7, 11) is 0. The Morgan fingerprint density at radius 3 is 1.81 bits per heavy atom. The first-order valence-electron chi connectivity index (χ1n) is 13.4. The Bertz CT molecular complexity index is 585. The monoisotopic (exact) mass is 445 g/mol. The Morgan fingerprint density at radius 2 is 1.34 bits per heavy atom. The molecule has 0 saturated heterocycles. The summed E-state index contributed by atoms with van der Waals surface area (Å²) in [5, 5.41) is 18.5. The Labute approximate surface area is 198 Å². The number of nitrogens with zero attached hydrogens (tertiary/aromatic N) is 2. The van der Waals surface area contributed by atoms with Gasteiger partial charge >= 0.3 is 6.19 Å². The highest BCUT2D eigenvalue weighted by Gasteiger charge is 2.09. The third kappa shape index (κ3) is 16.2. The SMILES string of the molecule is CCCCCCCCCCCCCCCCCCCC(CO)OCc1ccc[n+](C#N)c1. The molecule has 0 amide bonds. The van der Waals surface area contributed by atoms with Crippen molar-refractivity contribution in [1.82, 2.24) is 0 Å². The molecule has 1 unspecified atom stereocenters. The standard InChI is InChI=1S/C28H49N2O2/c1-2-3-4-5-6-7-8-9-10-11-12-13-14-15-16-17-18-21-28(24-31)32-25-27-20-19-22-30(23-27)26-29/h19-20,22-23,28,31H,2-18,21,24-25H2,1H3/q+1. The third-order valence-corrected chi connectivity index (χ3v) is 6.30. The number of aromatic nitrogens is 1. The quantitative estimate of drug-likeness (QED) is 0.151. The number of nitriles is 1. The molecule has 1 atom stereocenters. The Morgan fingerprint density at radius 1 is 0.844 bits per heavy atom. The van der Waals surface area contributed by atoms with Crippen LogP contribution < -0.4 is 4.57 Å². The summed E-state index contributed by atoms with van der Waals surface area (Å²) in [6.45, 7) is 2.78. The summed E-state index contributed by atoms with van der Waals surface area (Å²) >= 11 is 0. The van der Waals surface area contributed by atoms with Crippen molar-refractivity contribution in [2.75, 3.05) is 6.61 Å². The van der Waals surface area contributed by atoms with Crippen molar-refractivity contribution in [2.24, 2.45) is 0 Å². The van der Waals surface area contributed by atoms with Crippen LogP contribution in [0.3, 0.4) is 0 Å². The lowest BCUT2D eigenvalue weighted by Gasteiger charge is -2.15.